The van der Waals surface area contributed by atoms with Crippen LogP contribution >= 0.6 is 34.7 Å². The van der Waals surface area contributed by atoms with Gasteiger partial charge < -0.3 is 9.30 Å². The Balaban J connectivity index is 1.89. The van der Waals surface area contributed by atoms with Crippen molar-refractivity contribution in [2.75, 3.05) is 18.6 Å². The number of aromatic nitrogens is 1. The molecular weight excluding hydrogens is 424 g/mol. The summed E-state index contributed by atoms with van der Waals surface area (Å²) in [5.74, 6) is 1.39. The van der Waals surface area contributed by atoms with Gasteiger partial charge in [0, 0.05) is 22.9 Å². The Morgan fingerprint density at radius 1 is 1.24 bits per heavy atom. The molecule has 29 heavy (non-hydrogen) atoms. The maximum Gasteiger partial charge on any atom is 0.279 e. The number of halogens is 1. The van der Waals surface area contributed by atoms with Crippen molar-refractivity contribution in [3.05, 3.63) is 57.9 Å². The summed E-state index contributed by atoms with van der Waals surface area (Å²) in [4.78, 5) is 18.0. The van der Waals surface area contributed by atoms with E-state index in [1.165, 1.54) is 11.3 Å². The van der Waals surface area contributed by atoms with Gasteiger partial charge in [0.2, 0.25) is 0 Å². The van der Waals surface area contributed by atoms with Crippen LogP contribution < -0.4 is 9.54 Å². The van der Waals surface area contributed by atoms with Crippen molar-refractivity contribution in [2.45, 2.75) is 32.7 Å². The van der Waals surface area contributed by atoms with E-state index in [9.17, 15) is 4.79 Å². The SMILES string of the molecule is CCCCCOc1cccc(C(=O)N=c2sc3cc(Cl)ccc3n2CCSC)c1. The smallest absolute Gasteiger partial charge is 0.279 e. The second kappa shape index (κ2) is 10.9. The van der Waals surface area contributed by atoms with E-state index in [2.05, 4.69) is 22.7 Å². The average Bonchev–Trinajstić information content (AvgIpc) is 3.05. The minimum atomic E-state index is -0.264. The first-order valence-electron chi connectivity index (χ1n) is 9.72. The van der Waals surface area contributed by atoms with Crippen LogP contribution in [0.15, 0.2) is 47.5 Å². The van der Waals surface area contributed by atoms with Crippen LogP contribution in [0.4, 0.5) is 0 Å². The molecule has 0 aliphatic rings. The van der Waals surface area contributed by atoms with Gasteiger partial charge in [-0.1, -0.05) is 48.8 Å². The van der Waals surface area contributed by atoms with Crippen LogP contribution in [0.2, 0.25) is 5.02 Å². The molecule has 3 aromatic rings. The Morgan fingerprint density at radius 3 is 2.90 bits per heavy atom. The first-order valence-corrected chi connectivity index (χ1v) is 12.3. The number of hydrogen-bond acceptors (Lipinski definition) is 4. The van der Waals surface area contributed by atoms with Gasteiger partial charge in [-0.05, 0) is 49.1 Å². The third kappa shape index (κ3) is 5.87. The number of nitrogens with zero attached hydrogens (tertiary/aromatic N) is 2. The summed E-state index contributed by atoms with van der Waals surface area (Å²) in [6, 6.07) is 13.0. The summed E-state index contributed by atoms with van der Waals surface area (Å²) in [6.07, 6.45) is 5.37. The highest BCUT2D eigenvalue weighted by Crippen LogP contribution is 2.22. The van der Waals surface area contributed by atoms with Crippen LogP contribution in [-0.4, -0.2) is 29.1 Å². The van der Waals surface area contributed by atoms with E-state index in [1.807, 2.05) is 30.3 Å². The average molecular weight is 449 g/mol. The van der Waals surface area contributed by atoms with E-state index in [0.717, 1.165) is 41.8 Å². The zero-order valence-corrected chi connectivity index (χ0v) is 19.1. The number of rotatable bonds is 9. The molecule has 0 atom stereocenters. The molecule has 0 aliphatic heterocycles. The minimum Gasteiger partial charge on any atom is -0.494 e. The van der Waals surface area contributed by atoms with Gasteiger partial charge in [-0.2, -0.15) is 16.8 Å². The van der Waals surface area contributed by atoms with Crippen LogP contribution in [0.1, 0.15) is 36.5 Å². The molecule has 2 aromatic carbocycles. The number of hydrogen-bond donors (Lipinski definition) is 0. The fraction of sp³-hybridized carbons (Fsp3) is 0.364. The molecule has 0 saturated heterocycles. The summed E-state index contributed by atoms with van der Waals surface area (Å²) in [5, 5.41) is 0.682. The first-order chi connectivity index (χ1) is 14.1. The van der Waals surface area contributed by atoms with Gasteiger partial charge in [0.1, 0.15) is 5.75 Å². The van der Waals surface area contributed by atoms with E-state index < -0.39 is 0 Å². The molecule has 0 unspecified atom stereocenters. The van der Waals surface area contributed by atoms with Gasteiger partial charge in [0.25, 0.3) is 5.91 Å². The second-order valence-electron chi connectivity index (χ2n) is 6.64. The fourth-order valence-corrected chi connectivity index (χ4v) is 4.64. The van der Waals surface area contributed by atoms with Crippen LogP contribution in [0.5, 0.6) is 5.75 Å². The van der Waals surface area contributed by atoms with Crippen molar-refractivity contribution in [3.63, 3.8) is 0 Å². The number of amides is 1. The van der Waals surface area contributed by atoms with E-state index in [4.69, 9.17) is 16.3 Å². The maximum absolute atomic E-state index is 12.9. The number of ether oxygens (including phenoxy) is 1. The van der Waals surface area contributed by atoms with Crippen molar-refractivity contribution in [1.82, 2.24) is 4.57 Å². The zero-order valence-electron chi connectivity index (χ0n) is 16.7. The van der Waals surface area contributed by atoms with Gasteiger partial charge in [-0.15, -0.1) is 0 Å². The van der Waals surface area contributed by atoms with Crippen molar-refractivity contribution in [2.24, 2.45) is 4.99 Å². The molecule has 0 aliphatic carbocycles. The van der Waals surface area contributed by atoms with E-state index >= 15 is 0 Å². The molecule has 0 radical (unpaired) electrons. The van der Waals surface area contributed by atoms with E-state index in [0.29, 0.717) is 27.7 Å². The highest BCUT2D eigenvalue weighted by atomic mass is 35.5. The molecule has 4 nitrogen and oxygen atoms in total. The quantitative estimate of drug-likeness (QED) is 0.375. The standard InChI is InChI=1S/C22H25ClN2O2S2/c1-3-4-5-12-27-18-8-6-7-16(14-18)21(26)24-22-25(11-13-28-2)19-10-9-17(23)15-20(19)29-22/h6-10,14-15H,3-5,11-13H2,1-2H3. The van der Waals surface area contributed by atoms with Gasteiger partial charge in [-0.3, -0.25) is 4.79 Å². The van der Waals surface area contributed by atoms with Crippen LogP contribution in [0.25, 0.3) is 10.2 Å². The lowest BCUT2D eigenvalue weighted by Gasteiger charge is -2.06. The Bertz CT molecular complexity index is 1040. The predicted molar refractivity (Wildman–Crippen MR) is 125 cm³/mol. The van der Waals surface area contributed by atoms with Crippen LogP contribution in [-0.2, 0) is 6.54 Å². The van der Waals surface area contributed by atoms with Gasteiger partial charge in [-0.25, -0.2) is 0 Å². The van der Waals surface area contributed by atoms with Crippen molar-refractivity contribution in [3.8, 4) is 5.75 Å². The number of fused-ring (bicyclic) bond motifs is 1. The molecular formula is C22H25ClN2O2S2. The number of unbranched alkanes of at least 4 members (excludes halogenated alkanes) is 2. The summed E-state index contributed by atoms with van der Waals surface area (Å²) in [6.45, 7) is 3.61. The summed E-state index contributed by atoms with van der Waals surface area (Å²) in [5.41, 5.74) is 1.58. The molecule has 154 valence electrons. The lowest BCUT2D eigenvalue weighted by Crippen LogP contribution is -2.18. The van der Waals surface area contributed by atoms with Gasteiger partial charge in [0.15, 0.2) is 4.80 Å². The number of carbonyl (C=O) groups excluding carboxylic acids is 1. The third-order valence-corrected chi connectivity index (χ3v) is 6.33. The largest absolute Gasteiger partial charge is 0.494 e. The number of carbonyl (C=O) groups is 1. The second-order valence-corrected chi connectivity index (χ2v) is 9.07. The Morgan fingerprint density at radius 2 is 2.10 bits per heavy atom. The lowest BCUT2D eigenvalue weighted by molar-refractivity contribution is 0.0997. The molecule has 0 N–H and O–H groups in total. The number of thioether (sulfide) groups is 1. The summed E-state index contributed by atoms with van der Waals surface area (Å²) in [7, 11) is 0. The molecule has 3 rings (SSSR count). The predicted octanol–water partition coefficient (Wildman–Crippen LogP) is 6.03. The number of thiazole rings is 1. The van der Waals surface area contributed by atoms with E-state index in [1.54, 1.807) is 23.9 Å². The lowest BCUT2D eigenvalue weighted by atomic mass is 10.2. The highest BCUT2D eigenvalue weighted by Gasteiger charge is 2.10. The van der Waals surface area contributed by atoms with Gasteiger partial charge in [0.05, 0.1) is 16.8 Å². The molecule has 7 heteroatoms. The summed E-state index contributed by atoms with van der Waals surface area (Å²) >= 11 is 9.40. The monoisotopic (exact) mass is 448 g/mol. The summed E-state index contributed by atoms with van der Waals surface area (Å²) < 4.78 is 8.89. The van der Waals surface area contributed by atoms with E-state index in [-0.39, 0.29) is 5.91 Å². The Kier molecular flexibility index (Phi) is 8.21. The topological polar surface area (TPSA) is 43.6 Å². The molecule has 1 aromatic heterocycles. The fourth-order valence-electron chi connectivity index (χ4n) is 2.94. The van der Waals surface area contributed by atoms with Crippen molar-refractivity contribution in [1.29, 1.82) is 0 Å². The molecule has 0 bridgehead atoms. The molecule has 0 fully saturated rings. The van der Waals surface area contributed by atoms with Gasteiger partial charge >= 0.3 is 0 Å². The molecule has 0 saturated carbocycles. The molecule has 1 amide bonds. The van der Waals surface area contributed by atoms with Crippen molar-refractivity contribution >= 4 is 50.8 Å². The normalized spacial score (nSPS) is 11.9. The first kappa shape index (κ1) is 21.9. The third-order valence-electron chi connectivity index (χ3n) is 4.46. The molecule has 1 heterocycles. The number of benzene rings is 2. The Labute approximate surface area is 184 Å². The minimum absolute atomic E-state index is 0.264. The van der Waals surface area contributed by atoms with Crippen LogP contribution in [0.3, 0.4) is 0 Å². The number of aryl methyl sites for hydroxylation is 1. The van der Waals surface area contributed by atoms with Crippen molar-refractivity contribution < 1.29 is 9.53 Å². The molecule has 0 spiro atoms. The maximum atomic E-state index is 12.9. The van der Waals surface area contributed by atoms with Crippen LogP contribution in [0, 0.1) is 0 Å². The Hall–Kier alpha value is -1.76. The highest BCUT2D eigenvalue weighted by molar-refractivity contribution is 7.98. The zero-order chi connectivity index (χ0) is 20.6.